The number of aromatic nitrogens is 4. The fourth-order valence-electron chi connectivity index (χ4n) is 3.24. The predicted molar refractivity (Wildman–Crippen MR) is 109 cm³/mol. The van der Waals surface area contributed by atoms with Gasteiger partial charge in [-0.1, -0.05) is 24.6 Å². The largest absolute Gasteiger partial charge is 0.317 e. The number of aromatic amines is 1. The molecule has 1 N–H and O–H groups in total. The highest BCUT2D eigenvalue weighted by Crippen LogP contribution is 2.22. The molecule has 0 atom stereocenters. The predicted octanol–water partition coefficient (Wildman–Crippen LogP) is 3.45. The van der Waals surface area contributed by atoms with E-state index in [-0.39, 0.29) is 17.1 Å². The Bertz CT molecular complexity index is 1260. The van der Waals surface area contributed by atoms with Gasteiger partial charge in [-0.2, -0.15) is 0 Å². The molecule has 0 saturated heterocycles. The molecule has 28 heavy (non-hydrogen) atoms. The van der Waals surface area contributed by atoms with Crippen LogP contribution in [0.1, 0.15) is 29.5 Å². The summed E-state index contributed by atoms with van der Waals surface area (Å²) in [5, 5.41) is 8.69. The van der Waals surface area contributed by atoms with Crippen LogP contribution >= 0.6 is 11.6 Å². The van der Waals surface area contributed by atoms with Crippen LogP contribution in [0.5, 0.6) is 0 Å². The van der Waals surface area contributed by atoms with Gasteiger partial charge in [-0.25, -0.2) is 0 Å². The summed E-state index contributed by atoms with van der Waals surface area (Å²) in [5.74, 6) is 0.520. The number of hydrogen-bond acceptors (Lipinski definition) is 4. The van der Waals surface area contributed by atoms with Crippen LogP contribution in [-0.4, -0.2) is 32.5 Å². The summed E-state index contributed by atoms with van der Waals surface area (Å²) in [6.45, 7) is 2.04. The minimum absolute atomic E-state index is 0.206. The number of carbonyl (C=O) groups is 1. The van der Waals surface area contributed by atoms with E-state index >= 15 is 0 Å². The summed E-state index contributed by atoms with van der Waals surface area (Å²) < 4.78 is 1.76. The van der Waals surface area contributed by atoms with Crippen molar-refractivity contribution in [1.82, 2.24) is 19.6 Å². The van der Waals surface area contributed by atoms with E-state index in [0.717, 1.165) is 17.8 Å². The van der Waals surface area contributed by atoms with Gasteiger partial charge in [0.05, 0.1) is 11.0 Å². The van der Waals surface area contributed by atoms with E-state index < -0.39 is 0 Å². The van der Waals surface area contributed by atoms with Gasteiger partial charge in [0.1, 0.15) is 5.82 Å². The van der Waals surface area contributed by atoms with Crippen molar-refractivity contribution in [2.45, 2.75) is 19.8 Å². The Balaban J connectivity index is 1.81. The van der Waals surface area contributed by atoms with Gasteiger partial charge >= 0.3 is 0 Å². The minimum atomic E-state index is -0.338. The molecule has 142 valence electrons. The highest BCUT2D eigenvalue weighted by atomic mass is 35.5. The molecule has 0 aliphatic heterocycles. The Kier molecular flexibility index (Phi) is 4.60. The zero-order valence-electron chi connectivity index (χ0n) is 15.4. The molecule has 0 fully saturated rings. The molecule has 0 aliphatic rings. The van der Waals surface area contributed by atoms with Crippen LogP contribution in [-0.2, 0) is 6.42 Å². The Morgan fingerprint density at radius 2 is 2.04 bits per heavy atom. The molecule has 1 amide bonds. The number of H-pyrrole nitrogens is 1. The van der Waals surface area contributed by atoms with Gasteiger partial charge in [0, 0.05) is 29.7 Å². The highest BCUT2D eigenvalue weighted by Gasteiger charge is 2.17. The molecular formula is C20H18ClN5O2. The van der Waals surface area contributed by atoms with Crippen molar-refractivity contribution in [2.75, 3.05) is 11.9 Å². The third-order valence-corrected chi connectivity index (χ3v) is 4.87. The molecule has 7 nitrogen and oxygen atoms in total. The maximum Gasteiger partial charge on any atom is 0.294 e. The number of nitrogens with one attached hydrogen (secondary N) is 1. The van der Waals surface area contributed by atoms with Crippen LogP contribution in [0.4, 0.5) is 5.69 Å². The van der Waals surface area contributed by atoms with Crippen LogP contribution < -0.4 is 10.5 Å². The Morgan fingerprint density at radius 1 is 1.21 bits per heavy atom. The first kappa shape index (κ1) is 18.2. The van der Waals surface area contributed by atoms with Crippen LogP contribution in [0.25, 0.3) is 16.7 Å². The normalized spacial score (nSPS) is 11.2. The van der Waals surface area contributed by atoms with E-state index in [9.17, 15) is 9.59 Å². The lowest BCUT2D eigenvalue weighted by Crippen LogP contribution is -2.26. The van der Waals surface area contributed by atoms with Crippen molar-refractivity contribution in [3.8, 4) is 0 Å². The van der Waals surface area contributed by atoms with Gasteiger partial charge in [-0.3, -0.25) is 14.0 Å². The fraction of sp³-hybridized carbons (Fsp3) is 0.200. The summed E-state index contributed by atoms with van der Waals surface area (Å²) >= 11 is 6.03. The van der Waals surface area contributed by atoms with Gasteiger partial charge in [0.25, 0.3) is 11.5 Å². The van der Waals surface area contributed by atoms with E-state index in [1.807, 2.05) is 13.0 Å². The number of fused-ring (bicyclic) bond motifs is 3. The molecular weight excluding hydrogens is 378 g/mol. The zero-order valence-corrected chi connectivity index (χ0v) is 16.2. The fourth-order valence-corrected chi connectivity index (χ4v) is 3.42. The van der Waals surface area contributed by atoms with Crippen molar-refractivity contribution < 1.29 is 4.79 Å². The topological polar surface area (TPSA) is 83.4 Å². The lowest BCUT2D eigenvalue weighted by atomic mass is 10.1. The van der Waals surface area contributed by atoms with Crippen molar-refractivity contribution in [2.24, 2.45) is 0 Å². The summed E-state index contributed by atoms with van der Waals surface area (Å²) in [4.78, 5) is 29.6. The van der Waals surface area contributed by atoms with E-state index in [1.165, 1.54) is 4.90 Å². The maximum absolute atomic E-state index is 12.9. The molecule has 0 spiro atoms. The third kappa shape index (κ3) is 3.03. The lowest BCUT2D eigenvalue weighted by molar-refractivity contribution is 0.0993. The smallest absolute Gasteiger partial charge is 0.294 e. The average Bonchev–Trinajstić information content (AvgIpc) is 3.11. The summed E-state index contributed by atoms with van der Waals surface area (Å²) in [7, 11) is 1.68. The zero-order chi connectivity index (χ0) is 19.8. The van der Waals surface area contributed by atoms with Crippen molar-refractivity contribution in [1.29, 1.82) is 0 Å². The summed E-state index contributed by atoms with van der Waals surface area (Å²) in [5.41, 5.74) is 2.37. The molecule has 0 aliphatic carbocycles. The second-order valence-electron chi connectivity index (χ2n) is 6.56. The molecule has 0 unspecified atom stereocenters. The maximum atomic E-state index is 12.9. The van der Waals surface area contributed by atoms with E-state index in [4.69, 9.17) is 11.6 Å². The monoisotopic (exact) mass is 395 g/mol. The minimum Gasteiger partial charge on any atom is -0.317 e. The quantitative estimate of drug-likeness (QED) is 0.573. The van der Waals surface area contributed by atoms with Crippen molar-refractivity contribution in [3.05, 3.63) is 69.2 Å². The number of carbonyl (C=O) groups excluding carboxylic acids is 1. The Labute approximate surface area is 165 Å². The lowest BCUT2D eigenvalue weighted by Gasteiger charge is -2.18. The molecule has 8 heteroatoms. The van der Waals surface area contributed by atoms with Gasteiger partial charge in [0.15, 0.2) is 0 Å². The van der Waals surface area contributed by atoms with E-state index in [1.54, 1.807) is 47.8 Å². The van der Waals surface area contributed by atoms with Crippen molar-refractivity contribution >= 4 is 39.9 Å². The first-order valence-corrected chi connectivity index (χ1v) is 9.31. The number of anilines is 1. The molecule has 2 aromatic heterocycles. The summed E-state index contributed by atoms with van der Waals surface area (Å²) in [6.07, 6.45) is 1.59. The van der Waals surface area contributed by atoms with Crippen LogP contribution in [0, 0.1) is 0 Å². The molecule has 2 aromatic carbocycles. The third-order valence-electron chi connectivity index (χ3n) is 4.64. The summed E-state index contributed by atoms with van der Waals surface area (Å²) in [6, 6.07) is 12.3. The Morgan fingerprint density at radius 3 is 2.79 bits per heavy atom. The van der Waals surface area contributed by atoms with E-state index in [2.05, 4.69) is 15.2 Å². The second-order valence-corrected chi connectivity index (χ2v) is 6.99. The highest BCUT2D eigenvalue weighted by molar-refractivity contribution is 6.31. The number of amides is 1. The van der Waals surface area contributed by atoms with Gasteiger partial charge < -0.3 is 9.88 Å². The average molecular weight is 396 g/mol. The molecule has 0 bridgehead atoms. The molecule has 0 radical (unpaired) electrons. The number of halogens is 1. The number of aryl methyl sites for hydroxylation is 1. The Hall–Kier alpha value is -3.19. The SMILES string of the molecule is CCCc1nnc2c(=O)[nH]c3cc(C(=O)N(C)c4cccc(Cl)c4)ccc3n12. The van der Waals surface area contributed by atoms with Crippen molar-refractivity contribution in [3.63, 3.8) is 0 Å². The standard InChI is InChI=1S/C20H18ClN5O2/c1-3-5-17-23-24-18-19(27)22-15-10-12(8-9-16(15)26(17)18)20(28)25(2)14-7-4-6-13(21)11-14/h4,6-11H,3,5H2,1-2H3,(H,22,27). The molecule has 4 aromatic rings. The number of rotatable bonds is 4. The first-order valence-electron chi connectivity index (χ1n) is 8.93. The van der Waals surface area contributed by atoms with Crippen LogP contribution in [0.2, 0.25) is 5.02 Å². The molecule has 0 saturated carbocycles. The molecule has 2 heterocycles. The first-order chi connectivity index (χ1) is 13.5. The second kappa shape index (κ2) is 7.09. The van der Waals surface area contributed by atoms with Gasteiger partial charge in [-0.05, 0) is 42.8 Å². The molecule has 4 rings (SSSR count). The van der Waals surface area contributed by atoms with Gasteiger partial charge in [-0.15, -0.1) is 10.2 Å². The number of hydrogen-bond donors (Lipinski definition) is 1. The van der Waals surface area contributed by atoms with E-state index in [0.29, 0.717) is 28.2 Å². The van der Waals surface area contributed by atoms with Crippen LogP contribution in [0.3, 0.4) is 0 Å². The number of benzene rings is 2. The van der Waals surface area contributed by atoms with Crippen LogP contribution in [0.15, 0.2) is 47.3 Å². The van der Waals surface area contributed by atoms with Gasteiger partial charge in [0.2, 0.25) is 5.65 Å². The number of nitrogens with zero attached hydrogens (tertiary/aromatic N) is 4.